The van der Waals surface area contributed by atoms with Crippen LogP contribution in [0.2, 0.25) is 0 Å². The van der Waals surface area contributed by atoms with Crippen LogP contribution in [0.3, 0.4) is 0 Å². The Morgan fingerprint density at radius 2 is 1.95 bits per heavy atom. The summed E-state index contributed by atoms with van der Waals surface area (Å²) < 4.78 is 5.37. The summed E-state index contributed by atoms with van der Waals surface area (Å²) in [6, 6.07) is 7.61. The molecular formula is C16H19ClN2O2. The van der Waals surface area contributed by atoms with Gasteiger partial charge in [-0.2, -0.15) is 0 Å². The van der Waals surface area contributed by atoms with Gasteiger partial charge in [0.15, 0.2) is 0 Å². The van der Waals surface area contributed by atoms with Crippen LogP contribution in [0.4, 0.5) is 0 Å². The first-order valence-corrected chi connectivity index (χ1v) is 7.23. The second-order valence-corrected chi connectivity index (χ2v) is 6.08. The maximum Gasteiger partial charge on any atom is 0.254 e. The maximum atomic E-state index is 12.5. The van der Waals surface area contributed by atoms with Crippen molar-refractivity contribution in [3.8, 4) is 0 Å². The summed E-state index contributed by atoms with van der Waals surface area (Å²) in [5, 5.41) is 4.43. The van der Waals surface area contributed by atoms with Gasteiger partial charge in [0.2, 0.25) is 0 Å². The van der Waals surface area contributed by atoms with Gasteiger partial charge >= 0.3 is 0 Å². The molecule has 2 aliphatic rings. The van der Waals surface area contributed by atoms with Crippen molar-refractivity contribution >= 4 is 29.3 Å². The van der Waals surface area contributed by atoms with Gasteiger partial charge in [-0.25, -0.2) is 0 Å². The van der Waals surface area contributed by atoms with E-state index in [1.54, 1.807) is 6.26 Å². The smallest absolute Gasteiger partial charge is 0.254 e. The summed E-state index contributed by atoms with van der Waals surface area (Å²) in [6.07, 6.45) is 4.04. The molecule has 2 aromatic rings. The molecule has 4 rings (SSSR count). The SMILES string of the molecule is Cl.O=C(c1ccc2ccoc2c1)N1CC2(CCNCC2)C1. The van der Waals surface area contributed by atoms with Crippen LogP contribution in [0, 0.1) is 5.41 Å². The van der Waals surface area contributed by atoms with Crippen molar-refractivity contribution in [3.63, 3.8) is 0 Å². The molecule has 1 aromatic heterocycles. The molecular weight excluding hydrogens is 288 g/mol. The van der Waals surface area contributed by atoms with Gasteiger partial charge in [0.05, 0.1) is 6.26 Å². The number of hydrogen-bond acceptors (Lipinski definition) is 3. The topological polar surface area (TPSA) is 45.5 Å². The fourth-order valence-corrected chi connectivity index (χ4v) is 3.45. The first-order valence-electron chi connectivity index (χ1n) is 7.23. The zero-order valence-electron chi connectivity index (χ0n) is 11.8. The van der Waals surface area contributed by atoms with Gasteiger partial charge in [-0.15, -0.1) is 12.4 Å². The van der Waals surface area contributed by atoms with E-state index in [9.17, 15) is 4.79 Å². The maximum absolute atomic E-state index is 12.5. The number of likely N-dealkylation sites (tertiary alicyclic amines) is 1. The Kier molecular flexibility index (Phi) is 3.68. The van der Waals surface area contributed by atoms with E-state index in [0.717, 1.165) is 42.7 Å². The molecule has 1 N–H and O–H groups in total. The van der Waals surface area contributed by atoms with Gasteiger partial charge in [-0.3, -0.25) is 4.79 Å². The number of benzene rings is 1. The first-order chi connectivity index (χ1) is 9.76. The van der Waals surface area contributed by atoms with Crippen molar-refractivity contribution in [3.05, 3.63) is 36.1 Å². The van der Waals surface area contributed by atoms with Crippen LogP contribution in [0.5, 0.6) is 0 Å². The number of nitrogens with zero attached hydrogens (tertiary/aromatic N) is 1. The van der Waals surface area contributed by atoms with Crippen molar-refractivity contribution in [1.82, 2.24) is 10.2 Å². The quantitative estimate of drug-likeness (QED) is 0.881. The molecule has 0 radical (unpaired) electrons. The zero-order chi connectivity index (χ0) is 13.6. The predicted molar refractivity (Wildman–Crippen MR) is 83.9 cm³/mol. The average molecular weight is 307 g/mol. The lowest BCUT2D eigenvalue weighted by Crippen LogP contribution is -2.61. The van der Waals surface area contributed by atoms with Gasteiger partial charge in [0.25, 0.3) is 5.91 Å². The number of fused-ring (bicyclic) bond motifs is 1. The standard InChI is InChI=1S/C16H18N2O2.ClH/c19-15(13-2-1-12-3-8-20-14(12)9-13)18-10-16(11-18)4-6-17-7-5-16;/h1-3,8-9,17H,4-7,10-11H2;1H. The number of rotatable bonds is 1. The highest BCUT2D eigenvalue weighted by molar-refractivity contribution is 5.98. The van der Waals surface area contributed by atoms with Gasteiger partial charge < -0.3 is 14.6 Å². The largest absolute Gasteiger partial charge is 0.464 e. The third-order valence-electron chi connectivity index (χ3n) is 4.71. The normalized spacial score (nSPS) is 20.1. The molecule has 1 amide bonds. The number of carbonyl (C=O) groups excluding carboxylic acids is 1. The minimum atomic E-state index is 0. The highest BCUT2D eigenvalue weighted by atomic mass is 35.5. The van der Waals surface area contributed by atoms with Gasteiger partial charge in [0, 0.05) is 29.5 Å². The summed E-state index contributed by atoms with van der Waals surface area (Å²) in [4.78, 5) is 14.5. The van der Waals surface area contributed by atoms with E-state index in [1.807, 2.05) is 29.2 Å². The van der Waals surface area contributed by atoms with Gasteiger partial charge in [-0.1, -0.05) is 6.07 Å². The molecule has 3 heterocycles. The Morgan fingerprint density at radius 3 is 2.71 bits per heavy atom. The molecule has 1 spiro atoms. The third kappa shape index (κ3) is 2.43. The van der Waals surface area contributed by atoms with E-state index in [4.69, 9.17) is 4.42 Å². The van der Waals surface area contributed by atoms with Crippen LogP contribution in [-0.4, -0.2) is 37.0 Å². The Hall–Kier alpha value is -1.52. The third-order valence-corrected chi connectivity index (χ3v) is 4.71. The van der Waals surface area contributed by atoms with Crippen LogP contribution >= 0.6 is 12.4 Å². The van der Waals surface area contributed by atoms with Crippen LogP contribution in [-0.2, 0) is 0 Å². The molecule has 0 saturated carbocycles. The molecule has 21 heavy (non-hydrogen) atoms. The lowest BCUT2D eigenvalue weighted by atomic mass is 9.72. The van der Waals surface area contributed by atoms with Gasteiger partial charge in [0.1, 0.15) is 5.58 Å². The summed E-state index contributed by atoms with van der Waals surface area (Å²) in [7, 11) is 0. The second-order valence-electron chi connectivity index (χ2n) is 6.08. The highest BCUT2D eigenvalue weighted by Crippen LogP contribution is 2.39. The molecule has 2 aliphatic heterocycles. The average Bonchev–Trinajstić information content (AvgIpc) is 2.92. The minimum Gasteiger partial charge on any atom is -0.464 e. The monoisotopic (exact) mass is 306 g/mol. The first kappa shape index (κ1) is 14.4. The number of hydrogen-bond donors (Lipinski definition) is 1. The summed E-state index contributed by atoms with van der Waals surface area (Å²) in [6.45, 7) is 3.98. The van der Waals surface area contributed by atoms with E-state index in [1.165, 1.54) is 12.8 Å². The van der Waals surface area contributed by atoms with Crippen molar-refractivity contribution in [1.29, 1.82) is 0 Å². The Bertz CT molecular complexity index is 653. The Morgan fingerprint density at radius 1 is 1.19 bits per heavy atom. The molecule has 0 atom stereocenters. The Balaban J connectivity index is 0.00000132. The zero-order valence-corrected chi connectivity index (χ0v) is 12.6. The molecule has 112 valence electrons. The summed E-state index contributed by atoms with van der Waals surface area (Å²) in [5.74, 6) is 0.132. The van der Waals surface area contributed by atoms with Crippen molar-refractivity contribution in [2.24, 2.45) is 5.41 Å². The minimum absolute atomic E-state index is 0. The van der Waals surface area contributed by atoms with Crippen molar-refractivity contribution < 1.29 is 9.21 Å². The van der Waals surface area contributed by atoms with E-state index < -0.39 is 0 Å². The highest BCUT2D eigenvalue weighted by Gasteiger charge is 2.45. The van der Waals surface area contributed by atoms with E-state index in [0.29, 0.717) is 5.41 Å². The lowest BCUT2D eigenvalue weighted by molar-refractivity contribution is -0.0113. The van der Waals surface area contributed by atoms with Crippen LogP contribution in [0.15, 0.2) is 34.9 Å². The predicted octanol–water partition coefficient (Wildman–Crippen LogP) is 2.68. The van der Waals surface area contributed by atoms with E-state index in [2.05, 4.69) is 5.32 Å². The van der Waals surface area contributed by atoms with E-state index >= 15 is 0 Å². The van der Waals surface area contributed by atoms with Crippen molar-refractivity contribution in [2.75, 3.05) is 26.2 Å². The molecule has 1 aromatic carbocycles. The fraction of sp³-hybridized carbons (Fsp3) is 0.438. The molecule has 0 unspecified atom stereocenters. The molecule has 0 bridgehead atoms. The second kappa shape index (κ2) is 5.35. The van der Waals surface area contributed by atoms with Crippen LogP contribution in [0.25, 0.3) is 11.0 Å². The van der Waals surface area contributed by atoms with Crippen LogP contribution in [0.1, 0.15) is 23.2 Å². The fourth-order valence-electron chi connectivity index (χ4n) is 3.45. The number of carbonyl (C=O) groups is 1. The number of halogens is 1. The molecule has 0 aliphatic carbocycles. The van der Waals surface area contributed by atoms with E-state index in [-0.39, 0.29) is 18.3 Å². The number of amides is 1. The molecule has 2 saturated heterocycles. The number of nitrogens with one attached hydrogen (secondary N) is 1. The summed E-state index contributed by atoms with van der Waals surface area (Å²) >= 11 is 0. The summed E-state index contributed by atoms with van der Waals surface area (Å²) in [5.41, 5.74) is 1.90. The molecule has 4 nitrogen and oxygen atoms in total. The van der Waals surface area contributed by atoms with Gasteiger partial charge in [-0.05, 0) is 44.1 Å². The number of piperidine rings is 1. The lowest BCUT2D eigenvalue weighted by Gasteiger charge is -2.52. The Labute approximate surface area is 129 Å². The van der Waals surface area contributed by atoms with Crippen LogP contribution < -0.4 is 5.32 Å². The molecule has 5 heteroatoms. The number of furan rings is 1. The molecule has 2 fully saturated rings. The van der Waals surface area contributed by atoms with Crippen molar-refractivity contribution in [2.45, 2.75) is 12.8 Å².